The van der Waals surface area contributed by atoms with E-state index in [-0.39, 0.29) is 11.5 Å². The molecule has 0 aromatic heterocycles. The van der Waals surface area contributed by atoms with Crippen LogP contribution in [0.15, 0.2) is 24.3 Å². The zero-order chi connectivity index (χ0) is 13.1. The molecule has 2 N–H and O–H groups in total. The maximum Gasteiger partial charge on any atom is 0.120 e. The van der Waals surface area contributed by atoms with Crippen molar-refractivity contribution in [2.24, 2.45) is 11.7 Å². The Kier molecular flexibility index (Phi) is 4.58. The number of hydrogen-bond acceptors (Lipinski definition) is 2. The van der Waals surface area contributed by atoms with E-state index in [4.69, 9.17) is 10.5 Å². The van der Waals surface area contributed by atoms with Crippen molar-refractivity contribution >= 4 is 0 Å². The maximum absolute atomic E-state index is 5.94. The molecule has 0 bridgehead atoms. The largest absolute Gasteiger partial charge is 0.489 e. The van der Waals surface area contributed by atoms with Gasteiger partial charge in [0.05, 0.1) is 0 Å². The summed E-state index contributed by atoms with van der Waals surface area (Å²) < 4.78 is 5.94. The molecule has 0 saturated heterocycles. The van der Waals surface area contributed by atoms with Gasteiger partial charge in [0.15, 0.2) is 0 Å². The van der Waals surface area contributed by atoms with Gasteiger partial charge in [0.1, 0.15) is 11.9 Å². The predicted molar refractivity (Wildman–Crippen MR) is 73.5 cm³/mol. The van der Waals surface area contributed by atoms with Crippen LogP contribution >= 0.6 is 0 Å². The van der Waals surface area contributed by atoms with Gasteiger partial charge in [-0.2, -0.15) is 0 Å². The normalized spacial score (nSPS) is 13.8. The van der Waals surface area contributed by atoms with Crippen molar-refractivity contribution in [3.63, 3.8) is 0 Å². The second-order valence-corrected chi connectivity index (χ2v) is 5.91. The van der Waals surface area contributed by atoms with Crippen molar-refractivity contribution in [3.05, 3.63) is 29.8 Å². The van der Waals surface area contributed by atoms with Gasteiger partial charge in [-0.1, -0.05) is 46.8 Å². The summed E-state index contributed by atoms with van der Waals surface area (Å²) >= 11 is 0. The lowest BCUT2D eigenvalue weighted by Crippen LogP contribution is -2.31. The van der Waals surface area contributed by atoms with Gasteiger partial charge in [-0.05, 0) is 29.0 Å². The van der Waals surface area contributed by atoms with Crippen molar-refractivity contribution in [2.75, 3.05) is 6.54 Å². The highest BCUT2D eigenvalue weighted by atomic mass is 16.5. The highest BCUT2D eigenvalue weighted by Crippen LogP contribution is 2.26. The number of hydrogen-bond donors (Lipinski definition) is 1. The van der Waals surface area contributed by atoms with Crippen LogP contribution in [0.4, 0.5) is 0 Å². The van der Waals surface area contributed by atoms with Crippen molar-refractivity contribution in [2.45, 2.75) is 46.1 Å². The van der Waals surface area contributed by atoms with Crippen molar-refractivity contribution in [1.82, 2.24) is 0 Å². The van der Waals surface area contributed by atoms with E-state index in [2.05, 4.69) is 46.8 Å². The molecule has 0 heterocycles. The molecule has 0 aliphatic carbocycles. The lowest BCUT2D eigenvalue weighted by Gasteiger charge is -2.23. The Bertz CT molecular complexity index is 352. The lowest BCUT2D eigenvalue weighted by molar-refractivity contribution is 0.159. The first-order valence-corrected chi connectivity index (χ1v) is 6.32. The van der Waals surface area contributed by atoms with Crippen LogP contribution in [0.25, 0.3) is 0 Å². The minimum absolute atomic E-state index is 0.0882. The van der Waals surface area contributed by atoms with Crippen LogP contribution in [0.3, 0.4) is 0 Å². The van der Waals surface area contributed by atoms with Crippen LogP contribution in [-0.2, 0) is 5.41 Å². The zero-order valence-corrected chi connectivity index (χ0v) is 11.7. The van der Waals surface area contributed by atoms with Crippen molar-refractivity contribution in [1.29, 1.82) is 0 Å². The summed E-state index contributed by atoms with van der Waals surface area (Å²) in [5, 5.41) is 0. The Labute approximate surface area is 105 Å². The molecule has 1 aromatic carbocycles. The first-order valence-electron chi connectivity index (χ1n) is 6.32. The van der Waals surface area contributed by atoms with E-state index < -0.39 is 0 Å². The third-order valence-corrected chi connectivity index (χ3v) is 2.96. The van der Waals surface area contributed by atoms with Crippen LogP contribution in [0, 0.1) is 5.92 Å². The topological polar surface area (TPSA) is 35.2 Å². The Morgan fingerprint density at radius 1 is 1.24 bits per heavy atom. The van der Waals surface area contributed by atoms with E-state index in [0.717, 1.165) is 5.75 Å². The molecule has 1 rings (SSSR count). The Morgan fingerprint density at radius 3 is 2.35 bits per heavy atom. The first-order chi connectivity index (χ1) is 7.84. The summed E-state index contributed by atoms with van der Waals surface area (Å²) in [5.74, 6) is 1.35. The summed E-state index contributed by atoms with van der Waals surface area (Å²) in [6.45, 7) is 11.4. The monoisotopic (exact) mass is 235 g/mol. The average molecular weight is 235 g/mol. The number of ether oxygens (including phenoxy) is 1. The Hall–Kier alpha value is -1.02. The number of nitrogens with two attached hydrogens (primary N) is 1. The Morgan fingerprint density at radius 2 is 1.88 bits per heavy atom. The summed E-state index contributed by atoms with van der Waals surface area (Å²) in [6, 6.07) is 8.30. The smallest absolute Gasteiger partial charge is 0.120 e. The van der Waals surface area contributed by atoms with Crippen LogP contribution in [-0.4, -0.2) is 12.6 Å². The van der Waals surface area contributed by atoms with Crippen LogP contribution < -0.4 is 10.5 Å². The molecule has 1 aromatic rings. The van der Waals surface area contributed by atoms with E-state index in [1.807, 2.05) is 12.1 Å². The van der Waals surface area contributed by atoms with Gasteiger partial charge in [-0.15, -0.1) is 0 Å². The fraction of sp³-hybridized carbons (Fsp3) is 0.600. The second kappa shape index (κ2) is 5.54. The molecular formula is C15H25NO. The minimum Gasteiger partial charge on any atom is -0.489 e. The van der Waals surface area contributed by atoms with E-state index in [9.17, 15) is 0 Å². The molecule has 1 unspecified atom stereocenters. The molecule has 0 radical (unpaired) electrons. The van der Waals surface area contributed by atoms with E-state index in [0.29, 0.717) is 12.5 Å². The number of rotatable bonds is 4. The summed E-state index contributed by atoms with van der Waals surface area (Å²) in [4.78, 5) is 0. The SMILES string of the molecule is CC(C)C(CN)Oc1cccc(C(C)(C)C)c1. The molecule has 0 fully saturated rings. The van der Waals surface area contributed by atoms with Gasteiger partial charge in [0.25, 0.3) is 0 Å². The number of benzene rings is 1. The maximum atomic E-state index is 5.94. The third-order valence-electron chi connectivity index (χ3n) is 2.96. The summed E-state index contributed by atoms with van der Waals surface area (Å²) in [7, 11) is 0. The van der Waals surface area contributed by atoms with Gasteiger partial charge in [0, 0.05) is 6.54 Å². The predicted octanol–water partition coefficient (Wildman–Crippen LogP) is 3.35. The van der Waals surface area contributed by atoms with Crippen molar-refractivity contribution < 1.29 is 4.74 Å². The highest BCUT2D eigenvalue weighted by Gasteiger charge is 2.16. The second-order valence-electron chi connectivity index (χ2n) is 5.91. The molecule has 2 nitrogen and oxygen atoms in total. The third kappa shape index (κ3) is 4.04. The lowest BCUT2D eigenvalue weighted by atomic mass is 9.87. The molecular weight excluding hydrogens is 210 g/mol. The van der Waals surface area contributed by atoms with E-state index in [1.54, 1.807) is 0 Å². The first kappa shape index (κ1) is 14.0. The molecule has 0 saturated carbocycles. The molecule has 0 aliphatic heterocycles. The van der Waals surface area contributed by atoms with Gasteiger partial charge in [-0.25, -0.2) is 0 Å². The molecule has 17 heavy (non-hydrogen) atoms. The van der Waals surface area contributed by atoms with E-state index in [1.165, 1.54) is 5.56 Å². The van der Waals surface area contributed by atoms with Gasteiger partial charge >= 0.3 is 0 Å². The van der Waals surface area contributed by atoms with Gasteiger partial charge < -0.3 is 10.5 Å². The molecule has 1 atom stereocenters. The average Bonchev–Trinajstić information content (AvgIpc) is 2.24. The molecule has 96 valence electrons. The molecule has 0 aliphatic rings. The van der Waals surface area contributed by atoms with Gasteiger partial charge in [-0.3, -0.25) is 0 Å². The molecule has 0 amide bonds. The standard InChI is InChI=1S/C15H25NO/c1-11(2)14(10-16)17-13-8-6-7-12(9-13)15(3,4)5/h6-9,11,14H,10,16H2,1-5H3. The van der Waals surface area contributed by atoms with Crippen LogP contribution in [0.2, 0.25) is 0 Å². The fourth-order valence-electron chi connectivity index (χ4n) is 1.67. The van der Waals surface area contributed by atoms with Crippen LogP contribution in [0.1, 0.15) is 40.2 Å². The molecule has 0 spiro atoms. The summed E-state index contributed by atoms with van der Waals surface area (Å²) in [6.07, 6.45) is 0.0882. The minimum atomic E-state index is 0.0882. The quantitative estimate of drug-likeness (QED) is 0.868. The zero-order valence-electron chi connectivity index (χ0n) is 11.7. The van der Waals surface area contributed by atoms with Crippen LogP contribution in [0.5, 0.6) is 5.75 Å². The van der Waals surface area contributed by atoms with Crippen molar-refractivity contribution in [3.8, 4) is 5.75 Å². The highest BCUT2D eigenvalue weighted by molar-refractivity contribution is 5.32. The van der Waals surface area contributed by atoms with Gasteiger partial charge in [0.2, 0.25) is 0 Å². The molecule has 2 heteroatoms. The summed E-state index contributed by atoms with van der Waals surface area (Å²) in [5.41, 5.74) is 7.16. The van der Waals surface area contributed by atoms with E-state index >= 15 is 0 Å². The Balaban J connectivity index is 2.85. The fourth-order valence-corrected chi connectivity index (χ4v) is 1.67.